The molecule has 1 heterocycles. The summed E-state index contributed by atoms with van der Waals surface area (Å²) in [5.41, 5.74) is 0. The molecular weight excluding hydrogens is 184 g/mol. The van der Waals surface area contributed by atoms with E-state index in [2.05, 4.69) is 15.5 Å². The van der Waals surface area contributed by atoms with E-state index in [0.717, 1.165) is 0 Å². The molecule has 1 aromatic rings. The molecule has 1 aromatic heterocycles. The molecule has 0 fully saturated rings. The van der Waals surface area contributed by atoms with Crippen LogP contribution in [0.3, 0.4) is 0 Å². The normalized spacial score (nSPS) is 11.7. The van der Waals surface area contributed by atoms with Crippen molar-refractivity contribution in [3.8, 4) is 6.07 Å². The van der Waals surface area contributed by atoms with Gasteiger partial charge in [0.25, 0.3) is 0 Å². The lowest BCUT2D eigenvalue weighted by Gasteiger charge is -2.03. The number of hydrogen-bond acceptors (Lipinski definition) is 5. The van der Waals surface area contributed by atoms with Crippen molar-refractivity contribution in [2.75, 3.05) is 6.54 Å². The molecule has 0 bridgehead atoms. The number of aromatic nitrogens is 2. The molecule has 0 aromatic carbocycles. The zero-order chi connectivity index (χ0) is 10.4. The van der Waals surface area contributed by atoms with E-state index in [1.807, 2.05) is 6.07 Å². The lowest BCUT2D eigenvalue weighted by atomic mass is 10.2. The van der Waals surface area contributed by atoms with Gasteiger partial charge in [-0.25, -0.2) is 0 Å². The fraction of sp³-hybridized carbons (Fsp3) is 0.500. The molecular formula is C8H10N4O2. The maximum absolute atomic E-state index is 11.1. The van der Waals surface area contributed by atoms with Gasteiger partial charge in [-0.2, -0.15) is 10.2 Å². The van der Waals surface area contributed by atoms with Crippen LogP contribution < -0.4 is 5.32 Å². The van der Waals surface area contributed by atoms with Crippen molar-refractivity contribution in [3.63, 3.8) is 0 Å². The minimum Gasteiger partial charge on any atom is -0.354 e. The predicted molar refractivity (Wildman–Crippen MR) is 45.8 cm³/mol. The van der Waals surface area contributed by atoms with Crippen LogP contribution in [0.4, 0.5) is 0 Å². The molecule has 0 aliphatic rings. The van der Waals surface area contributed by atoms with Crippen molar-refractivity contribution >= 4 is 5.91 Å². The van der Waals surface area contributed by atoms with Crippen molar-refractivity contribution in [1.29, 1.82) is 5.26 Å². The summed E-state index contributed by atoms with van der Waals surface area (Å²) in [7, 11) is 0. The van der Waals surface area contributed by atoms with E-state index < -0.39 is 5.92 Å². The van der Waals surface area contributed by atoms with Gasteiger partial charge < -0.3 is 9.84 Å². The summed E-state index contributed by atoms with van der Waals surface area (Å²) in [6, 6.07) is 1.84. The van der Waals surface area contributed by atoms with Crippen LogP contribution in [0.1, 0.15) is 12.8 Å². The Balaban J connectivity index is 2.23. The number of hydrogen-bond donors (Lipinski definition) is 1. The summed E-state index contributed by atoms with van der Waals surface area (Å²) in [4.78, 5) is 14.9. The highest BCUT2D eigenvalue weighted by molar-refractivity contribution is 5.80. The second kappa shape index (κ2) is 4.97. The first-order valence-electron chi connectivity index (χ1n) is 4.17. The molecule has 0 radical (unpaired) electrons. The number of nitrogens with one attached hydrogen (secondary N) is 1. The molecule has 0 aliphatic heterocycles. The third kappa shape index (κ3) is 2.86. The smallest absolute Gasteiger partial charge is 0.237 e. The van der Waals surface area contributed by atoms with Crippen LogP contribution in [-0.2, 0) is 11.2 Å². The number of carbonyl (C=O) groups excluding carboxylic acids is 1. The van der Waals surface area contributed by atoms with Crippen LogP contribution in [0.25, 0.3) is 0 Å². The summed E-state index contributed by atoms with van der Waals surface area (Å²) < 4.78 is 4.72. The average molecular weight is 194 g/mol. The largest absolute Gasteiger partial charge is 0.354 e. The van der Waals surface area contributed by atoms with E-state index in [1.54, 1.807) is 6.92 Å². The summed E-state index contributed by atoms with van der Waals surface area (Å²) in [5.74, 6) is -0.445. The standard InChI is InChI=1S/C8H10N4O2/c1-6(4-9)8(13)10-3-2-7-11-5-12-14-7/h5-6H,2-3H2,1H3,(H,10,13). The van der Waals surface area contributed by atoms with Gasteiger partial charge in [-0.15, -0.1) is 0 Å². The molecule has 0 saturated heterocycles. The van der Waals surface area contributed by atoms with Crippen molar-refractivity contribution in [2.24, 2.45) is 5.92 Å². The zero-order valence-corrected chi connectivity index (χ0v) is 7.73. The molecule has 6 heteroatoms. The summed E-state index contributed by atoms with van der Waals surface area (Å²) >= 11 is 0. The Hall–Kier alpha value is -1.90. The molecule has 1 unspecified atom stereocenters. The van der Waals surface area contributed by atoms with E-state index >= 15 is 0 Å². The Bertz CT molecular complexity index is 328. The Labute approximate surface area is 80.9 Å². The number of nitrogens with zero attached hydrogens (tertiary/aromatic N) is 3. The highest BCUT2D eigenvalue weighted by Crippen LogP contribution is 1.93. The zero-order valence-electron chi connectivity index (χ0n) is 7.73. The minimum absolute atomic E-state index is 0.285. The fourth-order valence-electron chi connectivity index (χ4n) is 0.810. The van der Waals surface area contributed by atoms with E-state index in [0.29, 0.717) is 18.9 Å². The highest BCUT2D eigenvalue weighted by atomic mass is 16.5. The maximum atomic E-state index is 11.1. The van der Waals surface area contributed by atoms with Crippen molar-refractivity contribution in [2.45, 2.75) is 13.3 Å². The van der Waals surface area contributed by atoms with Gasteiger partial charge >= 0.3 is 0 Å². The molecule has 14 heavy (non-hydrogen) atoms. The third-order valence-electron chi connectivity index (χ3n) is 1.63. The Morgan fingerprint density at radius 3 is 3.21 bits per heavy atom. The van der Waals surface area contributed by atoms with Crippen molar-refractivity contribution in [3.05, 3.63) is 12.2 Å². The fourth-order valence-corrected chi connectivity index (χ4v) is 0.810. The number of nitriles is 1. The van der Waals surface area contributed by atoms with Crippen LogP contribution in [-0.4, -0.2) is 22.6 Å². The molecule has 1 atom stereocenters. The Morgan fingerprint density at radius 2 is 2.64 bits per heavy atom. The second-order valence-electron chi connectivity index (χ2n) is 2.73. The molecule has 6 nitrogen and oxygen atoms in total. The first kappa shape index (κ1) is 10.2. The van der Waals surface area contributed by atoms with Gasteiger partial charge in [0.05, 0.1) is 6.07 Å². The molecule has 0 spiro atoms. The van der Waals surface area contributed by atoms with Crippen LogP contribution in [0.2, 0.25) is 0 Å². The van der Waals surface area contributed by atoms with Crippen molar-refractivity contribution < 1.29 is 9.32 Å². The van der Waals surface area contributed by atoms with E-state index in [4.69, 9.17) is 9.78 Å². The van der Waals surface area contributed by atoms with Gasteiger partial charge in [-0.05, 0) is 6.92 Å². The molecule has 74 valence electrons. The van der Waals surface area contributed by atoms with E-state index in [-0.39, 0.29) is 5.91 Å². The number of amides is 1. The molecule has 0 saturated carbocycles. The third-order valence-corrected chi connectivity index (χ3v) is 1.63. The first-order valence-corrected chi connectivity index (χ1v) is 4.17. The quantitative estimate of drug-likeness (QED) is 0.721. The maximum Gasteiger partial charge on any atom is 0.237 e. The Morgan fingerprint density at radius 1 is 1.86 bits per heavy atom. The van der Waals surface area contributed by atoms with E-state index in [1.165, 1.54) is 6.33 Å². The first-order chi connectivity index (χ1) is 6.74. The van der Waals surface area contributed by atoms with Gasteiger partial charge in [-0.3, -0.25) is 4.79 Å². The summed E-state index contributed by atoms with van der Waals surface area (Å²) in [6.45, 7) is 1.94. The average Bonchev–Trinajstić information content (AvgIpc) is 2.69. The number of rotatable bonds is 4. The van der Waals surface area contributed by atoms with Gasteiger partial charge in [-0.1, -0.05) is 5.16 Å². The molecule has 1 rings (SSSR count). The van der Waals surface area contributed by atoms with Gasteiger partial charge in [0.15, 0.2) is 6.33 Å². The van der Waals surface area contributed by atoms with Crippen LogP contribution in [0, 0.1) is 17.2 Å². The van der Waals surface area contributed by atoms with Crippen molar-refractivity contribution in [1.82, 2.24) is 15.5 Å². The van der Waals surface area contributed by atoms with Crippen LogP contribution >= 0.6 is 0 Å². The van der Waals surface area contributed by atoms with Crippen LogP contribution in [0.5, 0.6) is 0 Å². The molecule has 1 N–H and O–H groups in total. The second-order valence-corrected chi connectivity index (χ2v) is 2.73. The summed E-state index contributed by atoms with van der Waals surface area (Å²) in [5, 5.41) is 14.4. The van der Waals surface area contributed by atoms with Gasteiger partial charge in [0, 0.05) is 13.0 Å². The minimum atomic E-state index is -0.627. The molecule has 0 aliphatic carbocycles. The Kier molecular flexibility index (Phi) is 3.61. The predicted octanol–water partition coefficient (Wildman–Crippen LogP) is -0.112. The van der Waals surface area contributed by atoms with Crippen LogP contribution in [0.15, 0.2) is 10.9 Å². The summed E-state index contributed by atoms with van der Waals surface area (Å²) in [6.07, 6.45) is 1.78. The number of carbonyl (C=O) groups is 1. The SMILES string of the molecule is CC(C#N)C(=O)NCCc1ncno1. The monoisotopic (exact) mass is 194 g/mol. The molecule has 1 amide bonds. The van der Waals surface area contributed by atoms with E-state index in [9.17, 15) is 4.79 Å². The van der Waals surface area contributed by atoms with Gasteiger partial charge in [0.2, 0.25) is 11.8 Å². The lowest BCUT2D eigenvalue weighted by Crippen LogP contribution is -2.30. The van der Waals surface area contributed by atoms with Gasteiger partial charge in [0.1, 0.15) is 5.92 Å². The topological polar surface area (TPSA) is 91.8 Å². The highest BCUT2D eigenvalue weighted by Gasteiger charge is 2.10. The lowest BCUT2D eigenvalue weighted by molar-refractivity contribution is -0.122.